The maximum atomic E-state index is 5.88. The van der Waals surface area contributed by atoms with E-state index in [2.05, 4.69) is 41.2 Å². The second kappa shape index (κ2) is 5.64. The van der Waals surface area contributed by atoms with Gasteiger partial charge in [-0.25, -0.2) is 4.68 Å². The first-order chi connectivity index (χ1) is 10.4. The summed E-state index contributed by atoms with van der Waals surface area (Å²) >= 11 is 0. The van der Waals surface area contributed by atoms with Crippen LogP contribution in [-0.4, -0.2) is 16.4 Å². The molecular formula is C18H22N2O. The lowest BCUT2D eigenvalue weighted by atomic mass is 10.0. The monoisotopic (exact) mass is 282 g/mol. The van der Waals surface area contributed by atoms with Gasteiger partial charge in [0.05, 0.1) is 5.69 Å². The minimum Gasteiger partial charge on any atom is -0.357 e. The van der Waals surface area contributed by atoms with Crippen LogP contribution in [0.25, 0.3) is 0 Å². The third-order valence-corrected chi connectivity index (χ3v) is 4.49. The van der Waals surface area contributed by atoms with E-state index in [1.54, 1.807) is 0 Å². The van der Waals surface area contributed by atoms with E-state index in [1.165, 1.54) is 42.5 Å². The fourth-order valence-electron chi connectivity index (χ4n) is 3.18. The lowest BCUT2D eigenvalue weighted by Gasteiger charge is -2.22. The van der Waals surface area contributed by atoms with Crippen molar-refractivity contribution < 1.29 is 4.74 Å². The van der Waals surface area contributed by atoms with Crippen LogP contribution in [0.3, 0.4) is 0 Å². The highest BCUT2D eigenvalue weighted by molar-refractivity contribution is 5.31. The van der Waals surface area contributed by atoms with Crippen LogP contribution in [0.5, 0.6) is 0 Å². The molecule has 1 atom stereocenters. The van der Waals surface area contributed by atoms with Crippen molar-refractivity contribution in [3.05, 3.63) is 53.3 Å². The van der Waals surface area contributed by atoms with Crippen LogP contribution in [0, 0.1) is 0 Å². The standard InChI is InChI=1S/C18H22N2O/c1-2-6-14(7-3-1)12-16-13-20(17-8-4-5-11-21-17)19-18(16)15-9-10-15/h1-3,6-7,13,15,17H,4-5,8-12H2. The van der Waals surface area contributed by atoms with E-state index in [0.717, 1.165) is 19.4 Å². The van der Waals surface area contributed by atoms with Crippen LogP contribution in [0.2, 0.25) is 0 Å². The third-order valence-electron chi connectivity index (χ3n) is 4.49. The van der Waals surface area contributed by atoms with Gasteiger partial charge in [-0.2, -0.15) is 5.10 Å². The highest BCUT2D eigenvalue weighted by Gasteiger charge is 2.30. The Balaban J connectivity index is 1.60. The Morgan fingerprint density at radius 3 is 2.67 bits per heavy atom. The number of rotatable bonds is 4. The summed E-state index contributed by atoms with van der Waals surface area (Å²) in [6.45, 7) is 0.872. The van der Waals surface area contributed by atoms with Gasteiger partial charge < -0.3 is 4.74 Å². The molecule has 1 aliphatic carbocycles. The summed E-state index contributed by atoms with van der Waals surface area (Å²) < 4.78 is 7.97. The zero-order valence-electron chi connectivity index (χ0n) is 12.4. The summed E-state index contributed by atoms with van der Waals surface area (Å²) in [6, 6.07) is 10.7. The van der Waals surface area contributed by atoms with Crippen LogP contribution >= 0.6 is 0 Å². The topological polar surface area (TPSA) is 27.1 Å². The van der Waals surface area contributed by atoms with Crippen LogP contribution in [0.1, 0.15) is 61.1 Å². The average Bonchev–Trinajstić information content (AvgIpc) is 3.30. The van der Waals surface area contributed by atoms with E-state index in [1.807, 2.05) is 0 Å². The van der Waals surface area contributed by atoms with Gasteiger partial charge in [0, 0.05) is 25.1 Å². The molecule has 3 nitrogen and oxygen atoms in total. The van der Waals surface area contributed by atoms with Gasteiger partial charge in [-0.15, -0.1) is 0 Å². The predicted octanol–water partition coefficient (Wildman–Crippen LogP) is 4.05. The van der Waals surface area contributed by atoms with Crippen molar-refractivity contribution in [1.82, 2.24) is 9.78 Å². The maximum Gasteiger partial charge on any atom is 0.150 e. The Hall–Kier alpha value is -1.61. The number of ether oxygens (including phenoxy) is 1. The SMILES string of the molecule is c1ccc(Cc2cn(C3CCCCO3)nc2C2CC2)cc1. The molecule has 2 aliphatic rings. The molecular weight excluding hydrogens is 260 g/mol. The molecule has 0 bridgehead atoms. The minimum atomic E-state index is 0.153. The first-order valence-electron chi connectivity index (χ1n) is 8.13. The molecule has 0 spiro atoms. The normalized spacial score (nSPS) is 22.4. The molecule has 2 fully saturated rings. The molecule has 21 heavy (non-hydrogen) atoms. The zero-order valence-corrected chi connectivity index (χ0v) is 12.4. The first-order valence-corrected chi connectivity index (χ1v) is 8.13. The largest absolute Gasteiger partial charge is 0.357 e. The Labute approximate surface area is 125 Å². The van der Waals surface area contributed by atoms with Crippen LogP contribution in [0.4, 0.5) is 0 Å². The highest BCUT2D eigenvalue weighted by atomic mass is 16.5. The van der Waals surface area contributed by atoms with Gasteiger partial charge >= 0.3 is 0 Å². The van der Waals surface area contributed by atoms with Gasteiger partial charge in [-0.3, -0.25) is 0 Å². The van der Waals surface area contributed by atoms with Crippen molar-refractivity contribution in [2.45, 2.75) is 50.7 Å². The van der Waals surface area contributed by atoms with Crippen molar-refractivity contribution in [3.8, 4) is 0 Å². The quantitative estimate of drug-likeness (QED) is 0.846. The second-order valence-electron chi connectivity index (χ2n) is 6.28. The van der Waals surface area contributed by atoms with E-state index in [4.69, 9.17) is 9.84 Å². The molecule has 0 N–H and O–H groups in total. The Kier molecular flexibility index (Phi) is 3.52. The molecule has 0 amide bonds. The predicted molar refractivity (Wildman–Crippen MR) is 82.3 cm³/mol. The average molecular weight is 282 g/mol. The van der Waals surface area contributed by atoms with Gasteiger partial charge in [0.15, 0.2) is 0 Å². The second-order valence-corrected chi connectivity index (χ2v) is 6.28. The van der Waals surface area contributed by atoms with E-state index in [-0.39, 0.29) is 6.23 Å². The van der Waals surface area contributed by atoms with E-state index in [9.17, 15) is 0 Å². The molecule has 1 unspecified atom stereocenters. The Bertz CT molecular complexity index is 595. The van der Waals surface area contributed by atoms with Crippen molar-refractivity contribution in [2.24, 2.45) is 0 Å². The third kappa shape index (κ3) is 2.88. The van der Waals surface area contributed by atoms with Gasteiger partial charge in [-0.05, 0) is 43.2 Å². The van der Waals surface area contributed by atoms with E-state index < -0.39 is 0 Å². The summed E-state index contributed by atoms with van der Waals surface area (Å²) in [5.41, 5.74) is 4.06. The number of nitrogens with zero attached hydrogens (tertiary/aromatic N) is 2. The summed E-state index contributed by atoms with van der Waals surface area (Å²) in [5.74, 6) is 0.688. The molecule has 0 radical (unpaired) electrons. The fourth-order valence-corrected chi connectivity index (χ4v) is 3.18. The molecule has 110 valence electrons. The molecule has 4 rings (SSSR count). The summed E-state index contributed by atoms with van der Waals surface area (Å²) in [5, 5.41) is 4.88. The van der Waals surface area contributed by atoms with Crippen molar-refractivity contribution >= 4 is 0 Å². The van der Waals surface area contributed by atoms with Crippen molar-refractivity contribution in [3.63, 3.8) is 0 Å². The first kappa shape index (κ1) is 13.1. The number of benzene rings is 1. The number of hydrogen-bond acceptors (Lipinski definition) is 2. The number of hydrogen-bond donors (Lipinski definition) is 0. The molecule has 1 aromatic heterocycles. The van der Waals surface area contributed by atoms with Crippen LogP contribution < -0.4 is 0 Å². The molecule has 2 heterocycles. The lowest BCUT2D eigenvalue weighted by Crippen LogP contribution is -2.18. The number of aromatic nitrogens is 2. The fraction of sp³-hybridized carbons (Fsp3) is 0.500. The van der Waals surface area contributed by atoms with Gasteiger partial charge in [0.25, 0.3) is 0 Å². The van der Waals surface area contributed by atoms with Gasteiger partial charge in [0.1, 0.15) is 6.23 Å². The molecule has 2 aromatic rings. The highest BCUT2D eigenvalue weighted by Crippen LogP contribution is 2.41. The van der Waals surface area contributed by atoms with Gasteiger partial charge in [-0.1, -0.05) is 30.3 Å². The summed E-state index contributed by atoms with van der Waals surface area (Å²) in [7, 11) is 0. The maximum absolute atomic E-state index is 5.88. The molecule has 1 saturated carbocycles. The lowest BCUT2D eigenvalue weighted by molar-refractivity contribution is -0.0397. The smallest absolute Gasteiger partial charge is 0.150 e. The summed E-state index contributed by atoms with van der Waals surface area (Å²) in [6.07, 6.45) is 9.49. The molecule has 1 aromatic carbocycles. The molecule has 1 aliphatic heterocycles. The summed E-state index contributed by atoms with van der Waals surface area (Å²) in [4.78, 5) is 0. The molecule has 3 heteroatoms. The minimum absolute atomic E-state index is 0.153. The van der Waals surface area contributed by atoms with Crippen molar-refractivity contribution in [2.75, 3.05) is 6.61 Å². The van der Waals surface area contributed by atoms with E-state index >= 15 is 0 Å². The zero-order chi connectivity index (χ0) is 14.1. The van der Waals surface area contributed by atoms with Crippen LogP contribution in [0.15, 0.2) is 36.5 Å². The van der Waals surface area contributed by atoms with Crippen molar-refractivity contribution in [1.29, 1.82) is 0 Å². The van der Waals surface area contributed by atoms with E-state index in [0.29, 0.717) is 5.92 Å². The molecule has 1 saturated heterocycles. The van der Waals surface area contributed by atoms with Crippen LogP contribution in [-0.2, 0) is 11.2 Å². The Morgan fingerprint density at radius 2 is 1.95 bits per heavy atom. The van der Waals surface area contributed by atoms with Gasteiger partial charge in [0.2, 0.25) is 0 Å². The Morgan fingerprint density at radius 1 is 1.10 bits per heavy atom.